The van der Waals surface area contributed by atoms with E-state index < -0.39 is 11.8 Å². The first kappa shape index (κ1) is 17.9. The minimum Gasteiger partial charge on any atom is -0.492 e. The van der Waals surface area contributed by atoms with Crippen LogP contribution in [0.1, 0.15) is 40.7 Å². The molecule has 27 heavy (non-hydrogen) atoms. The van der Waals surface area contributed by atoms with Crippen LogP contribution in [-0.4, -0.2) is 23.5 Å². The van der Waals surface area contributed by atoms with E-state index in [2.05, 4.69) is 4.72 Å². The van der Waals surface area contributed by atoms with Gasteiger partial charge in [-0.1, -0.05) is 6.07 Å². The Kier molecular flexibility index (Phi) is 4.55. The summed E-state index contributed by atoms with van der Waals surface area (Å²) in [5.74, 6) is -0.210. The van der Waals surface area contributed by atoms with Crippen LogP contribution >= 0.6 is 11.9 Å². The van der Waals surface area contributed by atoms with Crippen molar-refractivity contribution in [1.29, 1.82) is 0 Å². The molecule has 140 valence electrons. The standard InChI is InChI=1S/C20H18FNO4S/c1-10(23)6-11-7-13(21)2-5-17(11)27-22-16-4-3-14-15-8-12(15)9-26-19(14)18(16)20(24)25/h2-5,7,12,15,22H,6,8-9H2,1H3,(H,24,25). The lowest BCUT2D eigenvalue weighted by Gasteiger charge is -2.21. The van der Waals surface area contributed by atoms with Crippen molar-refractivity contribution in [3.8, 4) is 5.75 Å². The lowest BCUT2D eigenvalue weighted by Crippen LogP contribution is -2.14. The van der Waals surface area contributed by atoms with Gasteiger partial charge in [-0.15, -0.1) is 0 Å². The van der Waals surface area contributed by atoms with Crippen molar-refractivity contribution in [2.24, 2.45) is 5.92 Å². The number of benzene rings is 2. The number of fused-ring (bicyclic) bond motifs is 3. The van der Waals surface area contributed by atoms with E-state index in [9.17, 15) is 19.1 Å². The minimum absolute atomic E-state index is 0.0742. The number of carbonyl (C=O) groups excluding carboxylic acids is 1. The van der Waals surface area contributed by atoms with Gasteiger partial charge in [-0.25, -0.2) is 9.18 Å². The van der Waals surface area contributed by atoms with Gasteiger partial charge in [0.25, 0.3) is 0 Å². The molecule has 0 bridgehead atoms. The van der Waals surface area contributed by atoms with Crippen molar-refractivity contribution in [3.63, 3.8) is 0 Å². The first-order chi connectivity index (χ1) is 12.9. The van der Waals surface area contributed by atoms with Crippen LogP contribution in [0, 0.1) is 11.7 Å². The van der Waals surface area contributed by atoms with Gasteiger partial charge in [0.2, 0.25) is 0 Å². The summed E-state index contributed by atoms with van der Waals surface area (Å²) in [5.41, 5.74) is 2.05. The Balaban J connectivity index is 1.62. The van der Waals surface area contributed by atoms with Crippen molar-refractivity contribution in [1.82, 2.24) is 0 Å². The van der Waals surface area contributed by atoms with Gasteiger partial charge in [-0.05, 0) is 66.6 Å². The van der Waals surface area contributed by atoms with Crippen LogP contribution in [0.2, 0.25) is 0 Å². The zero-order valence-electron chi connectivity index (χ0n) is 14.6. The second kappa shape index (κ2) is 6.88. The molecule has 1 aliphatic heterocycles. The van der Waals surface area contributed by atoms with Gasteiger partial charge in [-0.3, -0.25) is 4.79 Å². The Morgan fingerprint density at radius 1 is 1.33 bits per heavy atom. The first-order valence-corrected chi connectivity index (χ1v) is 9.49. The Labute approximate surface area is 160 Å². The molecular weight excluding hydrogens is 369 g/mol. The van der Waals surface area contributed by atoms with Gasteiger partial charge in [0.15, 0.2) is 0 Å². The van der Waals surface area contributed by atoms with Gasteiger partial charge < -0.3 is 14.6 Å². The second-order valence-corrected chi connectivity index (χ2v) is 7.81. The van der Waals surface area contributed by atoms with Crippen LogP contribution < -0.4 is 9.46 Å². The molecule has 1 saturated carbocycles. The third-order valence-corrected chi connectivity index (χ3v) is 5.84. The minimum atomic E-state index is -1.06. The number of carbonyl (C=O) groups is 2. The zero-order valence-corrected chi connectivity index (χ0v) is 15.4. The van der Waals surface area contributed by atoms with Crippen LogP contribution in [0.3, 0.4) is 0 Å². The first-order valence-electron chi connectivity index (χ1n) is 8.67. The predicted octanol–water partition coefficient (Wildman–Crippen LogP) is 4.27. The molecular formula is C20H18FNO4S. The van der Waals surface area contributed by atoms with Gasteiger partial charge >= 0.3 is 5.97 Å². The number of hydrogen-bond acceptors (Lipinski definition) is 5. The van der Waals surface area contributed by atoms with Gasteiger partial charge in [0.1, 0.15) is 22.9 Å². The quantitative estimate of drug-likeness (QED) is 0.721. The summed E-state index contributed by atoms with van der Waals surface area (Å²) < 4.78 is 22.3. The average molecular weight is 387 g/mol. The molecule has 1 fully saturated rings. The van der Waals surface area contributed by atoms with Crippen molar-refractivity contribution >= 4 is 29.4 Å². The SMILES string of the molecule is CC(=O)Cc1cc(F)ccc1SNc1ccc2c(c1C(=O)O)OCC1CC21. The van der Waals surface area contributed by atoms with Crippen LogP contribution in [0.5, 0.6) is 5.75 Å². The second-order valence-electron chi connectivity index (χ2n) is 6.96. The number of nitrogens with one attached hydrogen (secondary N) is 1. The third-order valence-electron chi connectivity index (χ3n) is 4.90. The fourth-order valence-corrected chi connectivity index (χ4v) is 4.30. The molecule has 4 rings (SSSR count). The Bertz CT molecular complexity index is 946. The number of carboxylic acids is 1. The molecule has 2 aromatic rings. The molecule has 0 amide bonds. The molecule has 2 N–H and O–H groups in total. The summed E-state index contributed by atoms with van der Waals surface area (Å²) in [6, 6.07) is 7.88. The van der Waals surface area contributed by atoms with Crippen LogP contribution in [0.25, 0.3) is 0 Å². The lowest BCUT2D eigenvalue weighted by atomic mass is 10.0. The highest BCUT2D eigenvalue weighted by molar-refractivity contribution is 8.00. The molecule has 7 heteroatoms. The molecule has 2 aliphatic rings. The number of Topliss-reactive ketones (excluding diaryl/α,β-unsaturated/α-hetero) is 1. The number of halogens is 1. The van der Waals surface area contributed by atoms with E-state index in [1.165, 1.54) is 19.1 Å². The average Bonchev–Trinajstić information content (AvgIpc) is 3.39. The van der Waals surface area contributed by atoms with Crippen molar-refractivity contribution in [2.75, 3.05) is 11.3 Å². The number of ether oxygens (including phenoxy) is 1. The largest absolute Gasteiger partial charge is 0.492 e. The normalized spacial score (nSPS) is 19.5. The maximum atomic E-state index is 13.5. The van der Waals surface area contributed by atoms with Crippen molar-refractivity contribution in [3.05, 3.63) is 52.8 Å². The third kappa shape index (κ3) is 3.51. The molecule has 0 spiro atoms. The predicted molar refractivity (Wildman–Crippen MR) is 100 cm³/mol. The van der Waals surface area contributed by atoms with Crippen molar-refractivity contribution in [2.45, 2.75) is 30.6 Å². The molecule has 0 aromatic heterocycles. The monoisotopic (exact) mass is 387 g/mol. The molecule has 1 heterocycles. The zero-order chi connectivity index (χ0) is 19.1. The fraction of sp³-hybridized carbons (Fsp3) is 0.300. The molecule has 2 aromatic carbocycles. The van der Waals surface area contributed by atoms with Gasteiger partial charge in [0, 0.05) is 17.2 Å². The number of aromatic carboxylic acids is 1. The molecule has 0 radical (unpaired) electrons. The van der Waals surface area contributed by atoms with Crippen molar-refractivity contribution < 1.29 is 23.8 Å². The van der Waals surface area contributed by atoms with E-state index in [4.69, 9.17) is 4.74 Å². The summed E-state index contributed by atoms with van der Waals surface area (Å²) >= 11 is 1.16. The highest BCUT2D eigenvalue weighted by Gasteiger charge is 2.45. The Hall–Kier alpha value is -2.54. The number of hydrogen-bond donors (Lipinski definition) is 2. The molecule has 0 saturated heterocycles. The maximum Gasteiger partial charge on any atom is 0.341 e. The van der Waals surface area contributed by atoms with Crippen LogP contribution in [0.4, 0.5) is 10.1 Å². The lowest BCUT2D eigenvalue weighted by molar-refractivity contribution is -0.116. The highest BCUT2D eigenvalue weighted by Crippen LogP contribution is 2.55. The highest BCUT2D eigenvalue weighted by atomic mass is 32.2. The maximum absolute atomic E-state index is 13.5. The van der Waals surface area contributed by atoms with Gasteiger partial charge in [0.05, 0.1) is 12.3 Å². The Morgan fingerprint density at radius 2 is 2.15 bits per heavy atom. The van der Waals surface area contributed by atoms with E-state index in [1.807, 2.05) is 6.07 Å². The van der Waals surface area contributed by atoms with E-state index in [0.29, 0.717) is 40.3 Å². The number of ketones is 1. The van der Waals surface area contributed by atoms with Gasteiger partial charge in [-0.2, -0.15) is 0 Å². The summed E-state index contributed by atoms with van der Waals surface area (Å²) in [5, 5.41) is 9.71. The molecule has 5 nitrogen and oxygen atoms in total. The van der Waals surface area contributed by atoms with E-state index in [-0.39, 0.29) is 17.8 Å². The van der Waals surface area contributed by atoms with Crippen LogP contribution in [0.15, 0.2) is 35.2 Å². The van der Waals surface area contributed by atoms with E-state index >= 15 is 0 Å². The molecule has 1 aliphatic carbocycles. The Morgan fingerprint density at radius 3 is 2.89 bits per heavy atom. The summed E-state index contributed by atoms with van der Waals surface area (Å²) in [4.78, 5) is 24.0. The van der Waals surface area contributed by atoms with E-state index in [0.717, 1.165) is 23.9 Å². The smallest absolute Gasteiger partial charge is 0.341 e. The fourth-order valence-electron chi connectivity index (χ4n) is 3.51. The molecule has 2 unspecified atom stereocenters. The summed E-state index contributed by atoms with van der Waals surface area (Å²) in [6.07, 6.45) is 1.15. The number of rotatable bonds is 6. The van der Waals surface area contributed by atoms with Crippen LogP contribution in [-0.2, 0) is 11.2 Å². The van der Waals surface area contributed by atoms with E-state index in [1.54, 1.807) is 12.1 Å². The topological polar surface area (TPSA) is 75.6 Å². The summed E-state index contributed by atoms with van der Waals surface area (Å²) in [6.45, 7) is 2.00. The molecule has 2 atom stereocenters. The number of carboxylic acid groups (broad SMARTS) is 1. The summed E-state index contributed by atoms with van der Waals surface area (Å²) in [7, 11) is 0. The number of anilines is 1.